The van der Waals surface area contributed by atoms with E-state index in [1.165, 1.54) is 12.1 Å². The van der Waals surface area contributed by atoms with Crippen LogP contribution >= 0.6 is 12.2 Å². The normalized spacial score (nSPS) is 22.8. The summed E-state index contributed by atoms with van der Waals surface area (Å²) in [7, 11) is -4.16. The number of thiocarbonyl (C=S) groups is 1. The van der Waals surface area contributed by atoms with Crippen LogP contribution in [0.4, 0.5) is 0 Å². The first-order valence-corrected chi connectivity index (χ1v) is 18.1. The quantitative estimate of drug-likeness (QED) is 0.366. The number of rotatable bonds is 6. The summed E-state index contributed by atoms with van der Waals surface area (Å²) in [4.78, 5) is 0. The van der Waals surface area contributed by atoms with Crippen molar-refractivity contribution in [2.45, 2.75) is 76.8 Å². The maximum absolute atomic E-state index is 6.05. The Labute approximate surface area is 140 Å². The molecular weight excluding hydrogens is 326 g/mol. The van der Waals surface area contributed by atoms with Crippen molar-refractivity contribution < 1.29 is 4.43 Å². The highest BCUT2D eigenvalue weighted by molar-refractivity contribution is 7.80. The van der Waals surface area contributed by atoms with Gasteiger partial charge in [0.1, 0.15) is 21.5 Å². The van der Waals surface area contributed by atoms with Gasteiger partial charge in [-0.15, -0.1) is 6.58 Å². The lowest BCUT2D eigenvalue weighted by atomic mass is 10.1. The predicted molar refractivity (Wildman–Crippen MR) is 107 cm³/mol. The van der Waals surface area contributed by atoms with E-state index < -0.39 is 24.8 Å². The smallest absolute Gasteiger partial charge is 0.242 e. The van der Waals surface area contributed by atoms with E-state index in [-0.39, 0.29) is 0 Å². The number of nitrogens with zero attached hydrogens (tertiary/aromatic N) is 1. The molecular formula is C15H33NOSSi3. The summed E-state index contributed by atoms with van der Waals surface area (Å²) >= 11 is 5.56. The predicted octanol–water partition coefficient (Wildman–Crippen LogP) is 5.23. The molecule has 1 heterocycles. The van der Waals surface area contributed by atoms with E-state index in [1.807, 2.05) is 0 Å². The topological polar surface area (TPSA) is 12.5 Å². The van der Waals surface area contributed by atoms with Gasteiger partial charge in [-0.2, -0.15) is 0 Å². The first kappa shape index (κ1) is 19.3. The highest BCUT2D eigenvalue weighted by Crippen LogP contribution is 2.40. The minimum absolute atomic E-state index is 0.511. The molecule has 0 amide bonds. The van der Waals surface area contributed by atoms with Gasteiger partial charge in [-0.1, -0.05) is 32.3 Å². The largest absolute Gasteiger partial charge is 0.540 e. The Morgan fingerprint density at radius 1 is 1.24 bits per heavy atom. The molecule has 1 saturated heterocycles. The highest BCUT2D eigenvalue weighted by Gasteiger charge is 2.50. The molecule has 0 aromatic carbocycles. The molecule has 0 aromatic heterocycles. The molecule has 1 aliphatic rings. The summed E-state index contributed by atoms with van der Waals surface area (Å²) in [5, 5.41) is 0.822. The fourth-order valence-electron chi connectivity index (χ4n) is 3.71. The third-order valence-corrected chi connectivity index (χ3v) is 16.0. The third kappa shape index (κ3) is 5.42. The van der Waals surface area contributed by atoms with Gasteiger partial charge in [0, 0.05) is 12.5 Å². The van der Waals surface area contributed by atoms with Crippen molar-refractivity contribution in [1.82, 2.24) is 4.23 Å². The van der Waals surface area contributed by atoms with Crippen LogP contribution in [-0.4, -0.2) is 40.1 Å². The molecule has 0 spiro atoms. The van der Waals surface area contributed by atoms with E-state index in [2.05, 4.69) is 62.7 Å². The van der Waals surface area contributed by atoms with Gasteiger partial charge in [0.25, 0.3) is 0 Å². The second-order valence-electron chi connectivity index (χ2n) is 8.46. The van der Waals surface area contributed by atoms with Gasteiger partial charge in [0.15, 0.2) is 0 Å². The molecule has 1 atom stereocenters. The lowest BCUT2D eigenvalue weighted by Crippen LogP contribution is -2.60. The van der Waals surface area contributed by atoms with Crippen molar-refractivity contribution in [2.75, 3.05) is 0 Å². The fourth-order valence-corrected chi connectivity index (χ4v) is 20.4. The lowest BCUT2D eigenvalue weighted by molar-refractivity contribution is 0.434. The van der Waals surface area contributed by atoms with Gasteiger partial charge in [-0.25, -0.2) is 0 Å². The van der Waals surface area contributed by atoms with Crippen LogP contribution in [0.2, 0.25) is 57.9 Å². The summed E-state index contributed by atoms with van der Waals surface area (Å²) in [5.74, 6) is 0. The Bertz CT molecular complexity index is 388. The van der Waals surface area contributed by atoms with E-state index in [0.717, 1.165) is 17.9 Å². The summed E-state index contributed by atoms with van der Waals surface area (Å²) in [5.41, 5.74) is 0. The van der Waals surface area contributed by atoms with E-state index in [0.29, 0.717) is 6.04 Å². The molecule has 0 N–H and O–H groups in total. The molecule has 0 radical (unpaired) electrons. The molecule has 1 aliphatic heterocycles. The number of hydrogen-bond acceptors (Lipinski definition) is 3. The molecule has 0 aliphatic carbocycles. The molecule has 0 bridgehead atoms. The summed E-state index contributed by atoms with van der Waals surface area (Å²) < 4.78 is 8.98. The van der Waals surface area contributed by atoms with Crippen molar-refractivity contribution in [3.8, 4) is 0 Å². The SMILES string of the molecule is C=CCC(CC(=S)O[Si](C)(C)C)N1[Si](C)(C)CC[Si]1(C)C. The van der Waals surface area contributed by atoms with E-state index >= 15 is 0 Å². The maximum atomic E-state index is 6.05. The Kier molecular flexibility index (Phi) is 6.23. The second kappa shape index (κ2) is 6.78. The standard InChI is InChI=1S/C15H33NOSSi3/c1-9-10-14(13-15(18)17-19(2,3)4)16-20(5,6)11-12-21(16,7)8/h9,14H,1,10-13H2,2-8H3. The van der Waals surface area contributed by atoms with Gasteiger partial charge in [-0.3, -0.25) is 0 Å². The highest BCUT2D eigenvalue weighted by atomic mass is 32.1. The van der Waals surface area contributed by atoms with Crippen molar-refractivity contribution >= 4 is 42.1 Å². The molecule has 122 valence electrons. The first-order chi connectivity index (χ1) is 9.39. The van der Waals surface area contributed by atoms with Crippen LogP contribution in [-0.2, 0) is 4.43 Å². The first-order valence-electron chi connectivity index (χ1n) is 8.01. The van der Waals surface area contributed by atoms with Gasteiger partial charge in [0.2, 0.25) is 8.32 Å². The van der Waals surface area contributed by atoms with E-state index in [9.17, 15) is 0 Å². The summed E-state index contributed by atoms with van der Waals surface area (Å²) in [6.45, 7) is 20.7. The van der Waals surface area contributed by atoms with Crippen molar-refractivity contribution in [3.63, 3.8) is 0 Å². The molecule has 2 nitrogen and oxygen atoms in total. The van der Waals surface area contributed by atoms with Crippen molar-refractivity contribution in [3.05, 3.63) is 12.7 Å². The van der Waals surface area contributed by atoms with E-state index in [1.54, 1.807) is 0 Å². The average Bonchev–Trinajstić information content (AvgIpc) is 2.44. The van der Waals surface area contributed by atoms with Gasteiger partial charge in [-0.05, 0) is 50.4 Å². The lowest BCUT2D eigenvalue weighted by Gasteiger charge is -2.45. The van der Waals surface area contributed by atoms with Crippen LogP contribution in [0.15, 0.2) is 12.7 Å². The monoisotopic (exact) mass is 359 g/mol. The average molecular weight is 360 g/mol. The van der Waals surface area contributed by atoms with Crippen molar-refractivity contribution in [2.24, 2.45) is 0 Å². The second-order valence-corrected chi connectivity index (χ2v) is 23.0. The Balaban J connectivity index is 2.90. The minimum Gasteiger partial charge on any atom is -0.540 e. The molecule has 0 aromatic rings. The van der Waals surface area contributed by atoms with Crippen LogP contribution in [0, 0.1) is 0 Å². The molecule has 1 fully saturated rings. The minimum atomic E-state index is -1.58. The van der Waals surface area contributed by atoms with Gasteiger partial charge < -0.3 is 8.66 Å². The Morgan fingerprint density at radius 2 is 1.71 bits per heavy atom. The molecule has 6 heteroatoms. The summed E-state index contributed by atoms with van der Waals surface area (Å²) in [6.07, 6.45) is 4.00. The molecule has 1 rings (SSSR count). The zero-order valence-electron chi connectivity index (χ0n) is 15.0. The van der Waals surface area contributed by atoms with Crippen molar-refractivity contribution in [1.29, 1.82) is 0 Å². The van der Waals surface area contributed by atoms with Crippen LogP contribution in [0.1, 0.15) is 12.8 Å². The molecule has 0 saturated carbocycles. The zero-order valence-corrected chi connectivity index (χ0v) is 18.8. The van der Waals surface area contributed by atoms with Gasteiger partial charge in [0.05, 0.1) is 0 Å². The third-order valence-electron chi connectivity index (χ3n) is 4.28. The molecule has 21 heavy (non-hydrogen) atoms. The van der Waals surface area contributed by atoms with Gasteiger partial charge >= 0.3 is 0 Å². The van der Waals surface area contributed by atoms with Crippen LogP contribution in [0.3, 0.4) is 0 Å². The molecule has 1 unspecified atom stereocenters. The Morgan fingerprint density at radius 3 is 2.10 bits per heavy atom. The fraction of sp³-hybridized carbons (Fsp3) is 0.800. The number of hydrogen-bond donors (Lipinski definition) is 0. The zero-order chi connectivity index (χ0) is 16.5. The van der Waals surface area contributed by atoms with Crippen LogP contribution in [0.5, 0.6) is 0 Å². The van der Waals surface area contributed by atoms with Crippen LogP contribution in [0.25, 0.3) is 0 Å². The maximum Gasteiger partial charge on any atom is 0.242 e. The van der Waals surface area contributed by atoms with E-state index in [4.69, 9.17) is 16.6 Å². The summed E-state index contributed by atoms with van der Waals surface area (Å²) in [6, 6.07) is 3.38. The Hall–Kier alpha value is 0.241. The van der Waals surface area contributed by atoms with Crippen LogP contribution < -0.4 is 0 Å².